The number of pyridine rings is 1. The maximum atomic E-state index is 6.14. The van der Waals surface area contributed by atoms with Crippen molar-refractivity contribution in [2.75, 3.05) is 0 Å². The Balaban J connectivity index is 1.66. The molecule has 0 radical (unpaired) electrons. The molecule has 1 aromatic carbocycles. The first kappa shape index (κ1) is 14.9. The Labute approximate surface area is 141 Å². The van der Waals surface area contributed by atoms with E-state index in [-0.39, 0.29) is 0 Å². The molecule has 1 N–H and O–H groups in total. The summed E-state index contributed by atoms with van der Waals surface area (Å²) >= 11 is 15.5. The molecule has 0 bridgehead atoms. The van der Waals surface area contributed by atoms with Crippen LogP contribution in [0, 0.1) is 0 Å². The molecule has 2 heterocycles. The van der Waals surface area contributed by atoms with Crippen LogP contribution in [-0.4, -0.2) is 9.38 Å². The van der Waals surface area contributed by atoms with Crippen LogP contribution in [0.3, 0.4) is 0 Å². The van der Waals surface area contributed by atoms with Crippen molar-refractivity contribution >= 4 is 44.8 Å². The van der Waals surface area contributed by atoms with E-state index in [1.165, 1.54) is 0 Å². The largest absolute Gasteiger partial charge is 0.307 e. The lowest BCUT2D eigenvalue weighted by Gasteiger charge is -2.05. The molecule has 3 nitrogen and oxygen atoms in total. The van der Waals surface area contributed by atoms with Gasteiger partial charge in [0, 0.05) is 40.0 Å². The summed E-state index contributed by atoms with van der Waals surface area (Å²) in [6.45, 7) is 1.35. The fourth-order valence-electron chi connectivity index (χ4n) is 2.09. The fraction of sp³-hybridized carbons (Fsp3) is 0.133. The smallest absolute Gasteiger partial charge is 0.137 e. The number of halogens is 3. The number of aromatic nitrogens is 2. The van der Waals surface area contributed by atoms with Gasteiger partial charge in [-0.05, 0) is 45.8 Å². The first-order valence-electron chi connectivity index (χ1n) is 6.39. The molecule has 0 amide bonds. The van der Waals surface area contributed by atoms with Crippen molar-refractivity contribution in [3.8, 4) is 0 Å². The van der Waals surface area contributed by atoms with Crippen LogP contribution in [-0.2, 0) is 13.1 Å². The van der Waals surface area contributed by atoms with Crippen LogP contribution in [0.1, 0.15) is 11.3 Å². The van der Waals surface area contributed by atoms with Crippen LogP contribution in [0.4, 0.5) is 0 Å². The lowest BCUT2D eigenvalue weighted by atomic mass is 10.2. The molecule has 3 aromatic rings. The number of fused-ring (bicyclic) bond motifs is 1. The average molecular weight is 385 g/mol. The summed E-state index contributed by atoms with van der Waals surface area (Å²) in [4.78, 5) is 4.55. The maximum Gasteiger partial charge on any atom is 0.137 e. The van der Waals surface area contributed by atoms with E-state index < -0.39 is 0 Å². The number of imidazole rings is 1. The Morgan fingerprint density at radius 2 is 1.95 bits per heavy atom. The molecule has 0 aliphatic heterocycles. The van der Waals surface area contributed by atoms with Gasteiger partial charge in [-0.3, -0.25) is 0 Å². The van der Waals surface area contributed by atoms with Gasteiger partial charge in [-0.25, -0.2) is 4.98 Å². The van der Waals surface area contributed by atoms with E-state index in [0.29, 0.717) is 23.1 Å². The van der Waals surface area contributed by atoms with Gasteiger partial charge >= 0.3 is 0 Å². The van der Waals surface area contributed by atoms with E-state index in [2.05, 4.69) is 26.2 Å². The Hall–Kier alpha value is -1.07. The van der Waals surface area contributed by atoms with Crippen LogP contribution in [0.15, 0.2) is 47.2 Å². The normalized spacial score (nSPS) is 11.2. The summed E-state index contributed by atoms with van der Waals surface area (Å²) < 4.78 is 3.02. The van der Waals surface area contributed by atoms with E-state index in [4.69, 9.17) is 23.2 Å². The first-order chi connectivity index (χ1) is 10.1. The Morgan fingerprint density at radius 3 is 2.76 bits per heavy atom. The van der Waals surface area contributed by atoms with Crippen molar-refractivity contribution in [3.63, 3.8) is 0 Å². The standard InChI is InChI=1S/C15H12BrCl2N3/c16-11-2-4-15-20-13(9-21(15)8-11)7-19-6-10-1-3-12(17)5-14(10)18/h1-5,8-9,19H,6-7H2. The third kappa shape index (κ3) is 3.58. The Bertz CT molecular complexity index is 786. The SMILES string of the molecule is Clc1ccc(CNCc2cn3cc(Br)ccc3n2)c(Cl)c1. The predicted octanol–water partition coefficient (Wildman–Crippen LogP) is 4.69. The first-order valence-corrected chi connectivity index (χ1v) is 7.94. The number of nitrogens with zero attached hydrogens (tertiary/aromatic N) is 2. The minimum Gasteiger partial charge on any atom is -0.307 e. The van der Waals surface area contributed by atoms with E-state index in [1.807, 2.05) is 41.1 Å². The zero-order valence-corrected chi connectivity index (χ0v) is 14.1. The van der Waals surface area contributed by atoms with E-state index >= 15 is 0 Å². The minimum absolute atomic E-state index is 0.648. The van der Waals surface area contributed by atoms with Gasteiger partial charge in [-0.2, -0.15) is 0 Å². The molecule has 0 fully saturated rings. The highest BCUT2D eigenvalue weighted by molar-refractivity contribution is 9.10. The summed E-state index contributed by atoms with van der Waals surface area (Å²) in [6, 6.07) is 9.48. The molecular weight excluding hydrogens is 373 g/mol. The van der Waals surface area contributed by atoms with Crippen molar-refractivity contribution in [1.82, 2.24) is 14.7 Å². The molecule has 108 valence electrons. The van der Waals surface area contributed by atoms with Crippen LogP contribution in [0.25, 0.3) is 5.65 Å². The summed E-state index contributed by atoms with van der Waals surface area (Å²) in [5.74, 6) is 0. The lowest BCUT2D eigenvalue weighted by Crippen LogP contribution is -2.13. The quantitative estimate of drug-likeness (QED) is 0.706. The molecule has 0 saturated heterocycles. The molecule has 6 heteroatoms. The van der Waals surface area contributed by atoms with Crippen molar-refractivity contribution in [3.05, 3.63) is 68.5 Å². The second-order valence-corrected chi connectivity index (χ2v) is 6.44. The minimum atomic E-state index is 0.648. The van der Waals surface area contributed by atoms with E-state index in [1.54, 1.807) is 6.07 Å². The highest BCUT2D eigenvalue weighted by Gasteiger charge is 2.04. The van der Waals surface area contributed by atoms with Crippen molar-refractivity contribution in [2.24, 2.45) is 0 Å². The lowest BCUT2D eigenvalue weighted by molar-refractivity contribution is 0.683. The van der Waals surface area contributed by atoms with Gasteiger partial charge in [-0.15, -0.1) is 0 Å². The molecule has 0 aliphatic carbocycles. The van der Waals surface area contributed by atoms with Crippen LogP contribution >= 0.6 is 39.1 Å². The number of rotatable bonds is 4. The van der Waals surface area contributed by atoms with Gasteiger partial charge in [-0.1, -0.05) is 29.3 Å². The van der Waals surface area contributed by atoms with Gasteiger partial charge in [0.05, 0.1) is 5.69 Å². The summed E-state index contributed by atoms with van der Waals surface area (Å²) in [7, 11) is 0. The third-order valence-electron chi connectivity index (χ3n) is 3.10. The van der Waals surface area contributed by atoms with Crippen molar-refractivity contribution in [2.45, 2.75) is 13.1 Å². The molecular formula is C15H12BrCl2N3. The van der Waals surface area contributed by atoms with Gasteiger partial charge in [0.15, 0.2) is 0 Å². The fourth-order valence-corrected chi connectivity index (χ4v) is 2.92. The Kier molecular flexibility index (Phi) is 4.50. The average Bonchev–Trinajstić information content (AvgIpc) is 2.83. The van der Waals surface area contributed by atoms with Crippen molar-refractivity contribution in [1.29, 1.82) is 0 Å². The monoisotopic (exact) mass is 383 g/mol. The molecule has 0 aliphatic rings. The molecule has 21 heavy (non-hydrogen) atoms. The van der Waals surface area contributed by atoms with Crippen molar-refractivity contribution < 1.29 is 0 Å². The maximum absolute atomic E-state index is 6.14. The number of hydrogen-bond acceptors (Lipinski definition) is 2. The van der Waals surface area contributed by atoms with Crippen LogP contribution in [0.2, 0.25) is 10.0 Å². The highest BCUT2D eigenvalue weighted by atomic mass is 79.9. The van der Waals surface area contributed by atoms with Gasteiger partial charge in [0.25, 0.3) is 0 Å². The number of nitrogens with one attached hydrogen (secondary N) is 1. The zero-order valence-electron chi connectivity index (χ0n) is 11.0. The number of hydrogen-bond donors (Lipinski definition) is 1. The second kappa shape index (κ2) is 6.36. The van der Waals surface area contributed by atoms with E-state index in [0.717, 1.165) is 21.4 Å². The molecule has 3 rings (SSSR count). The van der Waals surface area contributed by atoms with Gasteiger partial charge < -0.3 is 9.72 Å². The summed E-state index contributed by atoms with van der Waals surface area (Å²) in [5.41, 5.74) is 2.94. The van der Waals surface area contributed by atoms with Gasteiger partial charge in [0.2, 0.25) is 0 Å². The second-order valence-electron chi connectivity index (χ2n) is 4.68. The van der Waals surface area contributed by atoms with Crippen LogP contribution in [0.5, 0.6) is 0 Å². The number of benzene rings is 1. The zero-order chi connectivity index (χ0) is 14.8. The third-order valence-corrected chi connectivity index (χ3v) is 4.16. The summed E-state index contributed by atoms with van der Waals surface area (Å²) in [5, 5.41) is 4.66. The predicted molar refractivity (Wildman–Crippen MR) is 89.9 cm³/mol. The van der Waals surface area contributed by atoms with Gasteiger partial charge in [0.1, 0.15) is 5.65 Å². The molecule has 0 spiro atoms. The molecule has 0 saturated carbocycles. The topological polar surface area (TPSA) is 29.3 Å². The summed E-state index contributed by atoms with van der Waals surface area (Å²) in [6.07, 6.45) is 4.00. The molecule has 0 unspecified atom stereocenters. The molecule has 2 aromatic heterocycles. The van der Waals surface area contributed by atoms with Crippen LogP contribution < -0.4 is 5.32 Å². The highest BCUT2D eigenvalue weighted by Crippen LogP contribution is 2.20. The van der Waals surface area contributed by atoms with E-state index in [9.17, 15) is 0 Å². The molecule has 0 atom stereocenters. The Morgan fingerprint density at radius 1 is 1.10 bits per heavy atom.